The van der Waals surface area contributed by atoms with Crippen molar-refractivity contribution in [3.8, 4) is 0 Å². The normalized spacial score (nSPS) is 12.9. The van der Waals surface area contributed by atoms with Gasteiger partial charge in [0.1, 0.15) is 17.7 Å². The highest BCUT2D eigenvalue weighted by Gasteiger charge is 2.27. The van der Waals surface area contributed by atoms with E-state index in [-0.39, 0.29) is 29.3 Å². The maximum atomic E-state index is 14.7. The first kappa shape index (κ1) is 30.9. The molecule has 0 spiro atoms. The predicted octanol–water partition coefficient (Wildman–Crippen LogP) is 4.28. The van der Waals surface area contributed by atoms with Crippen molar-refractivity contribution in [1.29, 1.82) is 0 Å². The van der Waals surface area contributed by atoms with Crippen LogP contribution < -0.4 is 15.8 Å². The minimum absolute atomic E-state index is 0.00596. The Kier molecular flexibility index (Phi) is 12.4. The number of hydrogen-bond acceptors (Lipinski definition) is 4. The Bertz CT molecular complexity index is 1010. The number of carbonyl (C=O) groups excluding carboxylic acids is 2. The highest BCUT2D eigenvalue weighted by atomic mass is 28.3. The highest BCUT2D eigenvalue weighted by Crippen LogP contribution is 2.17. The number of nitrogens with one attached hydrogen (secondary N) is 2. The third-order valence-corrected chi connectivity index (χ3v) is 7.21. The molecule has 0 unspecified atom stereocenters. The summed E-state index contributed by atoms with van der Waals surface area (Å²) < 4.78 is 34.4. The van der Waals surface area contributed by atoms with E-state index in [1.807, 2.05) is 32.6 Å². The van der Waals surface area contributed by atoms with Gasteiger partial charge in [-0.15, -0.1) is 0 Å². The molecule has 0 bridgehead atoms. The first-order valence-electron chi connectivity index (χ1n) is 11.6. The molecule has 1 aromatic rings. The van der Waals surface area contributed by atoms with E-state index >= 15 is 0 Å². The van der Waals surface area contributed by atoms with E-state index in [1.165, 1.54) is 0 Å². The Labute approximate surface area is 212 Å². The Morgan fingerprint density at radius 1 is 1.11 bits per heavy atom. The topological polar surface area (TPSA) is 105 Å². The van der Waals surface area contributed by atoms with Gasteiger partial charge in [0.05, 0.1) is 14.7 Å². The molecule has 7 nitrogen and oxygen atoms in total. The van der Waals surface area contributed by atoms with Crippen LogP contribution in [-0.2, 0) is 19.1 Å². The second-order valence-electron chi connectivity index (χ2n) is 9.36. The van der Waals surface area contributed by atoms with Crippen molar-refractivity contribution >= 4 is 36.7 Å². The Morgan fingerprint density at radius 2 is 1.69 bits per heavy atom. The van der Waals surface area contributed by atoms with Crippen LogP contribution in [0.2, 0.25) is 19.6 Å². The van der Waals surface area contributed by atoms with Gasteiger partial charge in [0.15, 0.2) is 0 Å². The molecule has 0 heterocycles. The zero-order valence-electron chi connectivity index (χ0n) is 21.5. The number of halogens is 2. The molecule has 3 N–H and O–H groups in total. The largest absolute Gasteiger partial charge is 0.481 e. The van der Waals surface area contributed by atoms with E-state index in [0.717, 1.165) is 17.7 Å². The molecule has 198 valence electrons. The fourth-order valence-corrected chi connectivity index (χ4v) is 4.98. The molecule has 0 aliphatic rings. The molecule has 0 saturated carbocycles. The van der Waals surface area contributed by atoms with Gasteiger partial charge in [-0.3, -0.25) is 14.4 Å². The minimum atomic E-state index is -2.30. The van der Waals surface area contributed by atoms with E-state index in [1.54, 1.807) is 19.3 Å². The van der Waals surface area contributed by atoms with Crippen LogP contribution in [0.25, 0.3) is 0 Å². The second kappa shape index (κ2) is 14.4. The predicted molar refractivity (Wildman–Crippen MR) is 140 cm³/mol. The molecule has 1 aromatic carbocycles. The van der Waals surface area contributed by atoms with Crippen molar-refractivity contribution in [3.05, 3.63) is 59.7 Å². The zero-order chi connectivity index (χ0) is 27.5. The third-order valence-electron chi connectivity index (χ3n) is 5.24. The van der Waals surface area contributed by atoms with E-state index in [2.05, 4.69) is 17.2 Å². The van der Waals surface area contributed by atoms with Gasteiger partial charge in [-0.1, -0.05) is 44.4 Å². The molecule has 10 heteroatoms. The molecule has 1 atom stereocenters. The number of allylic oxidation sites excluding steroid dienone is 1. The Morgan fingerprint density at radius 3 is 2.19 bits per heavy atom. The monoisotopic (exact) mass is 522 g/mol. The Balaban J connectivity index is 3.12. The number of aliphatic carboxylic acids is 1. The number of methoxy groups -OCH3 is 1. The fourth-order valence-electron chi connectivity index (χ4n) is 3.40. The average molecular weight is 523 g/mol. The molecule has 0 saturated heterocycles. The molecule has 2 amide bonds. The van der Waals surface area contributed by atoms with Gasteiger partial charge >= 0.3 is 5.97 Å². The summed E-state index contributed by atoms with van der Waals surface area (Å²) >= 11 is 0. The maximum absolute atomic E-state index is 14.7. The molecular weight excluding hydrogens is 486 g/mol. The summed E-state index contributed by atoms with van der Waals surface area (Å²) in [5, 5.41) is 13.8. The van der Waals surface area contributed by atoms with Gasteiger partial charge in [-0.05, 0) is 43.0 Å². The van der Waals surface area contributed by atoms with Crippen LogP contribution in [0.4, 0.5) is 14.5 Å². The first-order valence-corrected chi connectivity index (χ1v) is 15.1. The number of carboxylic acids is 1. The van der Waals surface area contributed by atoms with Crippen molar-refractivity contribution in [2.75, 3.05) is 19.0 Å². The number of carboxylic acid groups (broad SMARTS) is 1. The van der Waals surface area contributed by atoms with Gasteiger partial charge in [0.2, 0.25) is 5.91 Å². The van der Waals surface area contributed by atoms with Gasteiger partial charge in [-0.25, -0.2) is 8.78 Å². The third kappa shape index (κ3) is 10.2. The lowest BCUT2D eigenvalue weighted by Gasteiger charge is -2.21. The average Bonchev–Trinajstić information content (AvgIpc) is 2.75. The maximum Gasteiger partial charge on any atom is 0.303 e. The molecule has 0 fully saturated rings. The number of benzene rings is 1. The van der Waals surface area contributed by atoms with Crippen LogP contribution in [-0.4, -0.2) is 50.7 Å². The van der Waals surface area contributed by atoms with Crippen LogP contribution in [0.1, 0.15) is 32.6 Å². The number of carbonyl (C=O) groups is 3. The van der Waals surface area contributed by atoms with Crippen molar-refractivity contribution in [1.82, 2.24) is 5.32 Å². The molecule has 0 aliphatic carbocycles. The van der Waals surface area contributed by atoms with E-state index < -0.39 is 43.5 Å². The van der Waals surface area contributed by atoms with Gasteiger partial charge < -0.3 is 20.5 Å². The summed E-state index contributed by atoms with van der Waals surface area (Å²) in [7, 11) is -0.757. The molecule has 36 heavy (non-hydrogen) atoms. The smallest absolute Gasteiger partial charge is 0.303 e. The summed E-state index contributed by atoms with van der Waals surface area (Å²) in [5.41, 5.74) is 0.966. The molecule has 1 rings (SSSR count). The Hall–Kier alpha value is -3.11. The second-order valence-corrected chi connectivity index (χ2v) is 14.4. The lowest BCUT2D eigenvalue weighted by molar-refractivity contribution is -0.137. The summed E-state index contributed by atoms with van der Waals surface area (Å²) in [6.07, 6.45) is 5.62. The zero-order valence-corrected chi connectivity index (χ0v) is 22.5. The number of amides is 2. The summed E-state index contributed by atoms with van der Waals surface area (Å²) in [5.74, 6) is -3.64. The standard InChI is InChI=1S/C26H36F2N2O5Si/c1-7-18(16-35-3)13-12-17(2)24(30-22(31)10-8-9-11-23(32)33)26(34)29-19-14-20(27)25(21(28)15-19)36(4,5)6/h7,12-15,24H,2,8-11,16H2,1,3-6H3,(H,29,34)(H,30,31)(H,32,33)/b13-12-,18-7+/t24-/m1/s1. The van der Waals surface area contributed by atoms with Gasteiger partial charge in [0, 0.05) is 30.8 Å². The molecule has 0 radical (unpaired) electrons. The highest BCUT2D eigenvalue weighted by molar-refractivity contribution is 6.88. The van der Waals surface area contributed by atoms with Gasteiger partial charge in [-0.2, -0.15) is 0 Å². The lowest BCUT2D eigenvalue weighted by Crippen LogP contribution is -2.45. The minimum Gasteiger partial charge on any atom is -0.481 e. The van der Waals surface area contributed by atoms with Gasteiger partial charge in [0.25, 0.3) is 5.91 Å². The van der Waals surface area contributed by atoms with Crippen LogP contribution in [0.3, 0.4) is 0 Å². The lowest BCUT2D eigenvalue weighted by atomic mass is 10.0. The number of ether oxygens (including phenoxy) is 1. The van der Waals surface area contributed by atoms with Crippen LogP contribution in [0.5, 0.6) is 0 Å². The van der Waals surface area contributed by atoms with Crippen LogP contribution >= 0.6 is 0 Å². The fraction of sp³-hybridized carbons (Fsp3) is 0.423. The van der Waals surface area contributed by atoms with E-state index in [4.69, 9.17) is 9.84 Å². The van der Waals surface area contributed by atoms with Crippen LogP contribution in [0.15, 0.2) is 48.1 Å². The quantitative estimate of drug-likeness (QED) is 0.192. The van der Waals surface area contributed by atoms with Crippen molar-refractivity contribution < 1.29 is 33.0 Å². The SMILES string of the molecule is C=C(/C=C\C(=C/C)COC)[C@@H](NC(=O)CCCCC(=O)O)C(=O)Nc1cc(F)c([Si](C)(C)C)c(F)c1. The molecule has 0 aromatic heterocycles. The summed E-state index contributed by atoms with van der Waals surface area (Å²) in [6, 6.07) is 0.903. The molecular formula is C26H36F2N2O5Si. The summed E-state index contributed by atoms with van der Waals surface area (Å²) in [6.45, 7) is 11.5. The number of anilines is 1. The number of rotatable bonds is 14. The van der Waals surface area contributed by atoms with E-state index in [0.29, 0.717) is 19.4 Å². The van der Waals surface area contributed by atoms with Crippen LogP contribution in [0, 0.1) is 11.6 Å². The molecule has 0 aliphatic heterocycles. The van der Waals surface area contributed by atoms with Crippen molar-refractivity contribution in [3.63, 3.8) is 0 Å². The number of unbranched alkanes of at least 4 members (excludes halogenated alkanes) is 1. The van der Waals surface area contributed by atoms with Crippen molar-refractivity contribution in [2.45, 2.75) is 58.3 Å². The van der Waals surface area contributed by atoms with E-state index in [9.17, 15) is 23.2 Å². The summed E-state index contributed by atoms with van der Waals surface area (Å²) in [4.78, 5) is 36.2. The first-order chi connectivity index (χ1) is 16.8. The number of hydrogen-bond donors (Lipinski definition) is 3. The van der Waals surface area contributed by atoms with Crippen molar-refractivity contribution in [2.24, 2.45) is 0 Å².